The smallest absolute Gasteiger partial charge is 0.292 e. The third kappa shape index (κ3) is 1.92. The minimum Gasteiger partial charge on any atom is -0.493 e. The van der Waals surface area contributed by atoms with Gasteiger partial charge in [-0.05, 0) is 15.9 Å². The van der Waals surface area contributed by atoms with Gasteiger partial charge in [-0.1, -0.05) is 0 Å². The molecule has 0 saturated heterocycles. The van der Waals surface area contributed by atoms with Crippen molar-refractivity contribution in [3.05, 3.63) is 26.2 Å². The van der Waals surface area contributed by atoms with Crippen LogP contribution in [-0.4, -0.2) is 19.1 Å². The Morgan fingerprint density at radius 3 is 2.50 bits per heavy atom. The Hall–Kier alpha value is -1.81. The van der Waals surface area contributed by atoms with E-state index in [-0.39, 0.29) is 27.2 Å². The molecule has 0 heterocycles. The first-order valence-corrected chi connectivity index (χ1v) is 4.85. The van der Waals surface area contributed by atoms with Gasteiger partial charge in [-0.2, -0.15) is 5.26 Å². The third-order valence-electron chi connectivity index (χ3n) is 1.90. The number of hydrogen-bond donors (Lipinski definition) is 0. The maximum atomic E-state index is 10.7. The van der Waals surface area contributed by atoms with Crippen molar-refractivity contribution >= 4 is 21.6 Å². The zero-order valence-electron chi connectivity index (χ0n) is 8.48. The molecule has 0 unspecified atom stereocenters. The summed E-state index contributed by atoms with van der Waals surface area (Å²) in [5, 5.41) is 19.6. The molecule has 0 aromatic heterocycles. The fourth-order valence-electron chi connectivity index (χ4n) is 1.19. The summed E-state index contributed by atoms with van der Waals surface area (Å²) in [4.78, 5) is 10.1. The molecule has 0 aliphatic rings. The van der Waals surface area contributed by atoms with Gasteiger partial charge in [0.25, 0.3) is 5.69 Å². The lowest BCUT2D eigenvalue weighted by atomic mass is 10.1. The van der Waals surface area contributed by atoms with Crippen LogP contribution in [0.4, 0.5) is 5.69 Å². The number of halogens is 1. The predicted molar refractivity (Wildman–Crippen MR) is 58.6 cm³/mol. The molecule has 6 nitrogen and oxygen atoms in total. The summed E-state index contributed by atoms with van der Waals surface area (Å²) < 4.78 is 10.1. The molecule has 1 rings (SSSR count). The summed E-state index contributed by atoms with van der Waals surface area (Å²) >= 11 is 3.08. The fraction of sp³-hybridized carbons (Fsp3) is 0.222. The van der Waals surface area contributed by atoms with Crippen LogP contribution < -0.4 is 9.47 Å². The number of ether oxygens (including phenoxy) is 2. The summed E-state index contributed by atoms with van der Waals surface area (Å²) in [5.41, 5.74) is -0.422. The van der Waals surface area contributed by atoms with E-state index in [2.05, 4.69) is 15.9 Å². The molecule has 0 saturated carbocycles. The first-order valence-electron chi connectivity index (χ1n) is 4.05. The van der Waals surface area contributed by atoms with Crippen molar-refractivity contribution in [1.82, 2.24) is 0 Å². The second-order valence-corrected chi connectivity index (χ2v) is 3.48. The first-order chi connectivity index (χ1) is 7.56. The largest absolute Gasteiger partial charge is 0.493 e. The summed E-state index contributed by atoms with van der Waals surface area (Å²) in [7, 11) is 2.75. The molecule has 7 heteroatoms. The van der Waals surface area contributed by atoms with Gasteiger partial charge in [-0.15, -0.1) is 0 Å². The Labute approximate surface area is 99.7 Å². The molecule has 16 heavy (non-hydrogen) atoms. The number of nitro groups is 1. The van der Waals surface area contributed by atoms with Crippen LogP contribution in [0.1, 0.15) is 5.56 Å². The highest BCUT2D eigenvalue weighted by Crippen LogP contribution is 2.42. The zero-order valence-corrected chi connectivity index (χ0v) is 10.1. The average Bonchev–Trinajstić information content (AvgIpc) is 2.27. The standard InChI is InChI=1S/C9H7BrN2O4/c1-15-7-3-6(12(13)14)5(4-11)8(10)9(7)16-2/h3H,1-2H3. The quantitative estimate of drug-likeness (QED) is 0.628. The van der Waals surface area contributed by atoms with E-state index in [1.165, 1.54) is 14.2 Å². The van der Waals surface area contributed by atoms with E-state index in [4.69, 9.17) is 14.7 Å². The first kappa shape index (κ1) is 12.3. The van der Waals surface area contributed by atoms with Crippen molar-refractivity contribution in [1.29, 1.82) is 5.26 Å². The van der Waals surface area contributed by atoms with Crippen LogP contribution in [0.5, 0.6) is 11.5 Å². The molecular weight excluding hydrogens is 280 g/mol. The number of hydrogen-bond acceptors (Lipinski definition) is 5. The molecule has 0 amide bonds. The molecule has 0 fully saturated rings. The molecule has 0 radical (unpaired) electrons. The molecule has 84 valence electrons. The second-order valence-electron chi connectivity index (χ2n) is 2.69. The van der Waals surface area contributed by atoms with Crippen molar-refractivity contribution in [2.45, 2.75) is 0 Å². The summed E-state index contributed by atoms with van der Waals surface area (Å²) in [6, 6.07) is 2.90. The maximum absolute atomic E-state index is 10.7. The number of nitrogens with zero attached hydrogens (tertiary/aromatic N) is 2. The van der Waals surface area contributed by atoms with Gasteiger partial charge < -0.3 is 9.47 Å². The van der Waals surface area contributed by atoms with E-state index in [1.54, 1.807) is 6.07 Å². The van der Waals surface area contributed by atoms with Crippen molar-refractivity contribution in [3.8, 4) is 17.6 Å². The van der Waals surface area contributed by atoms with Gasteiger partial charge >= 0.3 is 0 Å². The fourth-order valence-corrected chi connectivity index (χ4v) is 1.84. The highest BCUT2D eigenvalue weighted by molar-refractivity contribution is 9.10. The van der Waals surface area contributed by atoms with E-state index in [0.717, 1.165) is 6.07 Å². The van der Waals surface area contributed by atoms with Crippen LogP contribution in [-0.2, 0) is 0 Å². The van der Waals surface area contributed by atoms with E-state index < -0.39 is 4.92 Å². The lowest BCUT2D eigenvalue weighted by molar-refractivity contribution is -0.385. The minimum atomic E-state index is -0.648. The number of nitriles is 1. The van der Waals surface area contributed by atoms with Crippen LogP contribution in [0.15, 0.2) is 10.5 Å². The number of methoxy groups -OCH3 is 2. The monoisotopic (exact) mass is 286 g/mol. The van der Waals surface area contributed by atoms with Crippen LogP contribution >= 0.6 is 15.9 Å². The second kappa shape index (κ2) is 4.81. The van der Waals surface area contributed by atoms with Crippen LogP contribution in [0.25, 0.3) is 0 Å². The van der Waals surface area contributed by atoms with Crippen molar-refractivity contribution in [2.75, 3.05) is 14.2 Å². The highest BCUT2D eigenvalue weighted by atomic mass is 79.9. The van der Waals surface area contributed by atoms with Gasteiger partial charge in [-0.3, -0.25) is 10.1 Å². The molecule has 0 N–H and O–H groups in total. The van der Waals surface area contributed by atoms with E-state index in [0.29, 0.717) is 0 Å². The number of nitro benzene ring substituents is 1. The van der Waals surface area contributed by atoms with Gasteiger partial charge in [0.2, 0.25) is 0 Å². The number of rotatable bonds is 3. The number of benzene rings is 1. The molecular formula is C9H7BrN2O4. The topological polar surface area (TPSA) is 85.4 Å². The predicted octanol–water partition coefficient (Wildman–Crippen LogP) is 2.25. The Bertz CT molecular complexity index is 481. The SMILES string of the molecule is COc1cc([N+](=O)[O-])c(C#N)c(Br)c1OC. The van der Waals surface area contributed by atoms with E-state index in [9.17, 15) is 10.1 Å². The van der Waals surface area contributed by atoms with Gasteiger partial charge in [0.15, 0.2) is 11.5 Å². The summed E-state index contributed by atoms with van der Waals surface area (Å²) in [6.45, 7) is 0. The highest BCUT2D eigenvalue weighted by Gasteiger charge is 2.24. The Balaban J connectivity index is 3.62. The summed E-state index contributed by atoms with van der Waals surface area (Å²) in [6.07, 6.45) is 0. The van der Waals surface area contributed by atoms with Gasteiger partial charge in [0.05, 0.1) is 29.7 Å². The van der Waals surface area contributed by atoms with Crippen molar-refractivity contribution < 1.29 is 14.4 Å². The summed E-state index contributed by atoms with van der Waals surface area (Å²) in [5.74, 6) is 0.449. The molecule has 1 aromatic rings. The van der Waals surface area contributed by atoms with Crippen LogP contribution in [0.3, 0.4) is 0 Å². The van der Waals surface area contributed by atoms with Crippen molar-refractivity contribution in [3.63, 3.8) is 0 Å². The average molecular weight is 287 g/mol. The van der Waals surface area contributed by atoms with Gasteiger partial charge in [-0.25, -0.2) is 0 Å². The maximum Gasteiger partial charge on any atom is 0.292 e. The third-order valence-corrected chi connectivity index (χ3v) is 2.66. The molecule has 0 aliphatic heterocycles. The minimum absolute atomic E-state index is 0.0948. The molecule has 0 atom stereocenters. The van der Waals surface area contributed by atoms with E-state index >= 15 is 0 Å². The van der Waals surface area contributed by atoms with E-state index in [1.807, 2.05) is 0 Å². The van der Waals surface area contributed by atoms with Crippen molar-refractivity contribution in [2.24, 2.45) is 0 Å². The van der Waals surface area contributed by atoms with Gasteiger partial charge in [0, 0.05) is 0 Å². The molecule has 0 spiro atoms. The molecule has 0 bridgehead atoms. The van der Waals surface area contributed by atoms with Gasteiger partial charge in [0.1, 0.15) is 11.6 Å². The normalized spacial score (nSPS) is 9.38. The lowest BCUT2D eigenvalue weighted by Crippen LogP contribution is -1.98. The van der Waals surface area contributed by atoms with Crippen LogP contribution in [0.2, 0.25) is 0 Å². The Kier molecular flexibility index (Phi) is 3.68. The molecule has 1 aromatic carbocycles. The zero-order chi connectivity index (χ0) is 12.3. The Morgan fingerprint density at radius 1 is 1.50 bits per heavy atom. The molecule has 0 aliphatic carbocycles. The lowest BCUT2D eigenvalue weighted by Gasteiger charge is -2.10. The van der Waals surface area contributed by atoms with Crippen LogP contribution in [0, 0.1) is 21.4 Å². The Morgan fingerprint density at radius 2 is 2.12 bits per heavy atom.